The van der Waals surface area contributed by atoms with Gasteiger partial charge in [0.05, 0.1) is 0 Å². The average molecular weight is 166 g/mol. The first kappa shape index (κ1) is 8.33. The highest BCUT2D eigenvalue weighted by Crippen LogP contribution is 2.10. The van der Waals surface area contributed by atoms with Crippen molar-refractivity contribution in [1.82, 2.24) is 0 Å². The summed E-state index contributed by atoms with van der Waals surface area (Å²) in [6.45, 7) is 0. The Bertz CT molecular complexity index is 298. The lowest BCUT2D eigenvalue weighted by molar-refractivity contribution is -0.131. The Morgan fingerprint density at radius 1 is 1.33 bits per heavy atom. The summed E-state index contributed by atoms with van der Waals surface area (Å²) in [5.41, 5.74) is 0.746. The zero-order chi connectivity index (χ0) is 8.97. The molecule has 62 valence electrons. The first-order chi connectivity index (χ1) is 5.68. The predicted octanol–water partition coefficient (Wildman–Crippen LogP) is 1.49. The molecular weight excluding hydrogens is 158 g/mol. The molecule has 0 bridgehead atoms. The van der Waals surface area contributed by atoms with Gasteiger partial charge in [-0.15, -0.1) is 0 Å². The van der Waals surface area contributed by atoms with E-state index in [4.69, 9.17) is 10.2 Å². The van der Waals surface area contributed by atoms with E-state index in [2.05, 4.69) is 0 Å². The Labute approximate surface area is 69.6 Å². The van der Waals surface area contributed by atoms with Crippen molar-refractivity contribution in [2.75, 3.05) is 0 Å². The van der Waals surface area contributed by atoms with Crippen molar-refractivity contribution in [2.45, 2.75) is 0 Å². The molecule has 0 fully saturated rings. The fraction of sp³-hybridized carbons (Fsp3) is 0. The van der Waals surface area contributed by atoms with Crippen LogP contribution < -0.4 is 0 Å². The molecule has 0 amide bonds. The molecule has 0 aliphatic carbocycles. The Hall–Kier alpha value is -1.77. The number of hydrogen-bond donors (Lipinski definition) is 2. The summed E-state index contributed by atoms with van der Waals surface area (Å²) in [6, 6.07) is 6.27. The molecule has 0 saturated heterocycles. The van der Waals surface area contributed by atoms with Gasteiger partial charge in [-0.25, -0.2) is 4.79 Å². The van der Waals surface area contributed by atoms with E-state index in [1.165, 1.54) is 18.2 Å². The lowest BCUT2D eigenvalue weighted by atomic mass is 10.2. The fourth-order valence-electron chi connectivity index (χ4n) is 0.753. The second-order valence-electron chi connectivity index (χ2n) is 2.26. The minimum atomic E-state index is -0.983. The predicted molar refractivity (Wildman–Crippen MR) is 44.8 cm³/mol. The minimum absolute atomic E-state index is 0.169. The van der Waals surface area contributed by atoms with Crippen LogP contribution in [-0.4, -0.2) is 16.2 Å². The maximum Gasteiger partial charge on any atom is 0.328 e. The number of phenols is 1. The van der Waals surface area contributed by atoms with E-state index in [0.717, 1.165) is 11.6 Å². The molecule has 0 radical (unpaired) electrons. The van der Waals surface area contributed by atoms with Gasteiger partial charge < -0.3 is 10.2 Å². The normalized spacial score (nSPS) is 10.3. The van der Waals surface area contributed by atoms with E-state index in [1.807, 2.05) is 0 Å². The summed E-state index contributed by atoms with van der Waals surface area (Å²) in [4.78, 5) is 10.1. The lowest BCUT2D eigenvalue weighted by Gasteiger charge is -1.92. The molecule has 1 aromatic carbocycles. The van der Waals surface area contributed by atoms with Crippen molar-refractivity contribution >= 4 is 12.0 Å². The van der Waals surface area contributed by atoms with Crippen LogP contribution in [0.3, 0.4) is 0 Å². The molecule has 0 saturated carbocycles. The number of rotatable bonds is 2. The van der Waals surface area contributed by atoms with Gasteiger partial charge in [0.25, 0.3) is 0 Å². The van der Waals surface area contributed by atoms with E-state index in [9.17, 15) is 4.79 Å². The van der Waals surface area contributed by atoms with E-state index in [0.29, 0.717) is 0 Å². The number of carboxylic acids is 1. The highest BCUT2D eigenvalue weighted by molar-refractivity contribution is 5.85. The number of benzene rings is 1. The van der Waals surface area contributed by atoms with Gasteiger partial charge in [-0.3, -0.25) is 0 Å². The summed E-state index contributed by atoms with van der Waals surface area (Å²) in [5, 5.41) is 17.2. The number of carboxylic acid groups (broad SMARTS) is 1. The van der Waals surface area contributed by atoms with Crippen molar-refractivity contribution < 1.29 is 15.0 Å². The summed E-state index contributed by atoms with van der Waals surface area (Å²) in [7, 11) is 0. The maximum atomic E-state index is 10.1. The molecule has 0 aliphatic rings. The summed E-state index contributed by atoms with van der Waals surface area (Å²) >= 11 is 0. The Balaban J connectivity index is 2.77. The molecule has 0 heterocycles. The minimum Gasteiger partial charge on any atom is -0.508 e. The van der Waals surface area contributed by atoms with Gasteiger partial charge >= 0.3 is 5.97 Å². The third-order valence-electron chi connectivity index (χ3n) is 1.31. The molecule has 2 N–H and O–H groups in total. The molecule has 12 heavy (non-hydrogen) atoms. The van der Waals surface area contributed by atoms with Crippen LogP contribution in [0.1, 0.15) is 5.56 Å². The molecule has 0 aliphatic heterocycles. The first-order valence-electron chi connectivity index (χ1n) is 3.38. The van der Waals surface area contributed by atoms with E-state index in [1.54, 1.807) is 12.1 Å². The van der Waals surface area contributed by atoms with E-state index in [-0.39, 0.29) is 5.75 Å². The molecule has 0 aromatic heterocycles. The molecule has 3 nitrogen and oxygen atoms in total. The first-order valence-corrected chi connectivity index (χ1v) is 3.38. The summed E-state index contributed by atoms with van der Waals surface area (Å²) < 4.78 is 0. The summed E-state index contributed by atoms with van der Waals surface area (Å²) in [6.07, 6.45) is 2.51. The molecule has 0 atom stereocenters. The van der Waals surface area contributed by atoms with E-state index >= 15 is 0 Å². The molecule has 3 heteroatoms. The second-order valence-corrected chi connectivity index (χ2v) is 2.26. The highest BCUT2D eigenvalue weighted by Gasteiger charge is 1.89. The zero-order valence-corrected chi connectivity index (χ0v) is 6.27. The SMILES string of the molecule is O=C(O)/C=C/c1ccc([18OH])cc1. The summed E-state index contributed by atoms with van der Waals surface area (Å²) in [5.74, 6) is -0.814. The van der Waals surface area contributed by atoms with Crippen LogP contribution in [-0.2, 0) is 4.79 Å². The van der Waals surface area contributed by atoms with Crippen LogP contribution in [0.4, 0.5) is 0 Å². The number of aromatic hydroxyl groups is 1. The molecular formula is C9H8O3. The van der Waals surface area contributed by atoms with Crippen LogP contribution >= 0.6 is 0 Å². The van der Waals surface area contributed by atoms with Crippen molar-refractivity contribution in [3.63, 3.8) is 0 Å². The largest absolute Gasteiger partial charge is 0.508 e. The van der Waals surface area contributed by atoms with Crippen molar-refractivity contribution in [3.05, 3.63) is 35.9 Å². The van der Waals surface area contributed by atoms with Crippen LogP contribution in [0.15, 0.2) is 30.3 Å². The van der Waals surface area contributed by atoms with Crippen molar-refractivity contribution in [3.8, 4) is 5.75 Å². The van der Waals surface area contributed by atoms with Gasteiger partial charge in [0.15, 0.2) is 0 Å². The number of carbonyl (C=O) groups is 1. The molecule has 0 spiro atoms. The second kappa shape index (κ2) is 3.57. The Kier molecular flexibility index (Phi) is 2.48. The Morgan fingerprint density at radius 2 is 1.92 bits per heavy atom. The van der Waals surface area contributed by atoms with Gasteiger partial charge in [0.2, 0.25) is 0 Å². The number of phenolic OH excluding ortho intramolecular Hbond substituents is 1. The zero-order valence-electron chi connectivity index (χ0n) is 6.27. The molecule has 0 unspecified atom stereocenters. The quantitative estimate of drug-likeness (QED) is 0.517. The third-order valence-corrected chi connectivity index (χ3v) is 1.31. The van der Waals surface area contributed by atoms with Crippen molar-refractivity contribution in [1.29, 1.82) is 0 Å². The third kappa shape index (κ3) is 2.46. The Morgan fingerprint density at radius 3 is 2.42 bits per heavy atom. The van der Waals surface area contributed by atoms with E-state index < -0.39 is 5.97 Å². The highest BCUT2D eigenvalue weighted by atomic mass is 18.2. The molecule has 1 aromatic rings. The van der Waals surface area contributed by atoms with Gasteiger partial charge in [0.1, 0.15) is 5.75 Å². The molecule has 1 rings (SSSR count). The van der Waals surface area contributed by atoms with Crippen LogP contribution in [0.5, 0.6) is 5.75 Å². The van der Waals surface area contributed by atoms with Crippen LogP contribution in [0.2, 0.25) is 0 Å². The lowest BCUT2D eigenvalue weighted by Crippen LogP contribution is -1.85. The monoisotopic (exact) mass is 166 g/mol. The van der Waals surface area contributed by atoms with Crippen LogP contribution in [0.25, 0.3) is 6.08 Å². The van der Waals surface area contributed by atoms with Gasteiger partial charge in [0, 0.05) is 6.08 Å². The average Bonchev–Trinajstić information content (AvgIpc) is 2.03. The fourth-order valence-corrected chi connectivity index (χ4v) is 0.753. The maximum absolute atomic E-state index is 10.1. The standard InChI is InChI=1S/C9H8O3/c10-8-4-1-7(2-5-8)3-6-9(11)12/h1-6,10H,(H,11,12)/b6-3+/i10+2. The number of aliphatic carboxylic acids is 1. The van der Waals surface area contributed by atoms with Crippen LogP contribution in [0, 0.1) is 0 Å². The van der Waals surface area contributed by atoms with Gasteiger partial charge in [-0.1, -0.05) is 12.1 Å². The topological polar surface area (TPSA) is 57.5 Å². The van der Waals surface area contributed by atoms with Gasteiger partial charge in [-0.2, -0.15) is 0 Å². The van der Waals surface area contributed by atoms with Crippen molar-refractivity contribution in [2.24, 2.45) is 0 Å². The smallest absolute Gasteiger partial charge is 0.328 e. The van der Waals surface area contributed by atoms with Gasteiger partial charge in [-0.05, 0) is 23.8 Å². The number of hydrogen-bond acceptors (Lipinski definition) is 2.